The van der Waals surface area contributed by atoms with E-state index in [0.717, 1.165) is 11.3 Å². The number of hydrogen-bond acceptors (Lipinski definition) is 3. The molecule has 0 bridgehead atoms. The van der Waals surface area contributed by atoms with Crippen LogP contribution in [0.25, 0.3) is 0 Å². The molecule has 0 heterocycles. The van der Waals surface area contributed by atoms with Crippen LogP contribution < -0.4 is 14.8 Å². The highest BCUT2D eigenvalue weighted by atomic mass is 19.3. The minimum atomic E-state index is -2.46. The Balaban J connectivity index is 2.11. The van der Waals surface area contributed by atoms with E-state index in [4.69, 9.17) is 9.47 Å². The zero-order chi connectivity index (χ0) is 15.2. The molecule has 0 radical (unpaired) electrons. The van der Waals surface area contributed by atoms with E-state index in [1.165, 1.54) is 12.1 Å². The van der Waals surface area contributed by atoms with Crippen molar-refractivity contribution in [3.8, 4) is 11.5 Å². The Morgan fingerprint density at radius 3 is 2.52 bits per heavy atom. The van der Waals surface area contributed by atoms with Crippen LogP contribution in [0.3, 0.4) is 0 Å². The minimum absolute atomic E-state index is 0.0241. The summed E-state index contributed by atoms with van der Waals surface area (Å²) in [5.74, 6) is 1.33. The maximum Gasteiger partial charge on any atom is 0.263 e. The van der Waals surface area contributed by atoms with Crippen LogP contribution in [0, 0.1) is 0 Å². The molecule has 0 fully saturated rings. The average Bonchev–Trinajstić information content (AvgIpc) is 2.53. The lowest BCUT2D eigenvalue weighted by Gasteiger charge is -2.13. The predicted molar refractivity (Wildman–Crippen MR) is 78.3 cm³/mol. The van der Waals surface area contributed by atoms with Crippen LogP contribution >= 0.6 is 0 Å². The molecule has 0 aliphatic rings. The highest BCUT2D eigenvalue weighted by molar-refractivity contribution is 5.59. The van der Waals surface area contributed by atoms with Crippen LogP contribution in [0.1, 0.15) is 17.6 Å². The fraction of sp³-hybridized carbons (Fsp3) is 0.250. The van der Waals surface area contributed by atoms with E-state index in [1.807, 2.05) is 6.07 Å². The minimum Gasteiger partial charge on any atom is -0.497 e. The molecular weight excluding hydrogens is 276 g/mol. The number of hydrogen-bond donors (Lipinski definition) is 1. The number of anilines is 1. The third-order valence-electron chi connectivity index (χ3n) is 3.09. The average molecular weight is 293 g/mol. The Morgan fingerprint density at radius 1 is 1.05 bits per heavy atom. The summed E-state index contributed by atoms with van der Waals surface area (Å²) in [6.07, 6.45) is -2.46. The molecule has 2 rings (SSSR count). The van der Waals surface area contributed by atoms with Crippen molar-refractivity contribution < 1.29 is 18.3 Å². The summed E-state index contributed by atoms with van der Waals surface area (Å²) < 4.78 is 35.7. The summed E-state index contributed by atoms with van der Waals surface area (Å²) in [4.78, 5) is 0. The molecule has 5 heteroatoms. The van der Waals surface area contributed by atoms with Crippen LogP contribution in [0.2, 0.25) is 0 Å². The van der Waals surface area contributed by atoms with Crippen molar-refractivity contribution in [2.75, 3.05) is 19.5 Å². The molecule has 0 saturated carbocycles. The summed E-state index contributed by atoms with van der Waals surface area (Å²) in [7, 11) is 3.15. The quantitative estimate of drug-likeness (QED) is 0.863. The zero-order valence-corrected chi connectivity index (χ0v) is 11.9. The molecule has 0 aliphatic heterocycles. The van der Waals surface area contributed by atoms with Gasteiger partial charge in [0.1, 0.15) is 11.5 Å². The fourth-order valence-corrected chi connectivity index (χ4v) is 1.98. The second kappa shape index (κ2) is 6.92. The lowest BCUT2D eigenvalue weighted by Crippen LogP contribution is -2.02. The smallest absolute Gasteiger partial charge is 0.263 e. The second-order valence-electron chi connectivity index (χ2n) is 4.47. The van der Waals surface area contributed by atoms with Gasteiger partial charge < -0.3 is 14.8 Å². The number of ether oxygens (including phenoxy) is 2. The van der Waals surface area contributed by atoms with Gasteiger partial charge in [0.2, 0.25) is 0 Å². The van der Waals surface area contributed by atoms with Gasteiger partial charge in [0.15, 0.2) is 0 Å². The van der Waals surface area contributed by atoms with Crippen molar-refractivity contribution in [2.24, 2.45) is 0 Å². The third kappa shape index (κ3) is 3.84. The maximum atomic E-state index is 12.7. The lowest BCUT2D eigenvalue weighted by molar-refractivity contribution is 0.151. The molecule has 0 aliphatic carbocycles. The number of halogens is 2. The molecule has 2 aromatic rings. The summed E-state index contributed by atoms with van der Waals surface area (Å²) in [5, 5.41) is 3.17. The van der Waals surface area contributed by atoms with Crippen LogP contribution in [0.15, 0.2) is 42.5 Å². The van der Waals surface area contributed by atoms with Gasteiger partial charge >= 0.3 is 0 Å². The molecule has 0 amide bonds. The van der Waals surface area contributed by atoms with Crippen molar-refractivity contribution in [3.05, 3.63) is 53.6 Å². The molecule has 2 aromatic carbocycles. The van der Waals surface area contributed by atoms with Crippen molar-refractivity contribution in [1.82, 2.24) is 0 Å². The van der Waals surface area contributed by atoms with Crippen molar-refractivity contribution in [1.29, 1.82) is 0 Å². The van der Waals surface area contributed by atoms with E-state index in [0.29, 0.717) is 18.0 Å². The SMILES string of the molecule is COc1ccc(NCc2cccc(C(F)F)c2)c(OC)c1. The van der Waals surface area contributed by atoms with E-state index in [1.54, 1.807) is 38.5 Å². The Bertz CT molecular complexity index is 603. The second-order valence-corrected chi connectivity index (χ2v) is 4.47. The first kappa shape index (κ1) is 15.1. The van der Waals surface area contributed by atoms with Gasteiger partial charge in [-0.3, -0.25) is 0 Å². The largest absolute Gasteiger partial charge is 0.497 e. The van der Waals surface area contributed by atoms with E-state index in [9.17, 15) is 8.78 Å². The number of alkyl halides is 2. The summed E-state index contributed by atoms with van der Waals surface area (Å²) >= 11 is 0. The van der Waals surface area contributed by atoms with E-state index >= 15 is 0 Å². The zero-order valence-electron chi connectivity index (χ0n) is 11.9. The highest BCUT2D eigenvalue weighted by Gasteiger charge is 2.08. The van der Waals surface area contributed by atoms with Gasteiger partial charge in [-0.05, 0) is 23.8 Å². The Hall–Kier alpha value is -2.30. The van der Waals surface area contributed by atoms with E-state index < -0.39 is 6.43 Å². The number of nitrogens with one attached hydrogen (secondary N) is 1. The first-order valence-electron chi connectivity index (χ1n) is 6.47. The van der Waals surface area contributed by atoms with Gasteiger partial charge in [-0.25, -0.2) is 8.78 Å². The monoisotopic (exact) mass is 293 g/mol. The molecule has 3 nitrogen and oxygen atoms in total. The molecule has 112 valence electrons. The molecule has 0 spiro atoms. The standard InChI is InChI=1S/C16H17F2NO2/c1-20-13-6-7-14(15(9-13)21-2)19-10-11-4-3-5-12(8-11)16(17)18/h3-9,16,19H,10H2,1-2H3. The molecular formula is C16H17F2NO2. The molecule has 0 saturated heterocycles. The number of rotatable bonds is 6. The Morgan fingerprint density at radius 2 is 1.86 bits per heavy atom. The maximum absolute atomic E-state index is 12.7. The third-order valence-corrected chi connectivity index (χ3v) is 3.09. The number of benzene rings is 2. The van der Waals surface area contributed by atoms with Crippen LogP contribution in [0.4, 0.5) is 14.5 Å². The van der Waals surface area contributed by atoms with Crippen LogP contribution in [-0.2, 0) is 6.54 Å². The number of methoxy groups -OCH3 is 2. The molecule has 0 unspecified atom stereocenters. The van der Waals surface area contributed by atoms with Crippen LogP contribution in [-0.4, -0.2) is 14.2 Å². The summed E-state index contributed by atoms with van der Waals surface area (Å²) in [6.45, 7) is 0.434. The summed E-state index contributed by atoms with van der Waals surface area (Å²) in [5.41, 5.74) is 1.59. The van der Waals surface area contributed by atoms with Gasteiger partial charge in [0, 0.05) is 18.2 Å². The van der Waals surface area contributed by atoms with Gasteiger partial charge in [0.05, 0.1) is 19.9 Å². The van der Waals surface area contributed by atoms with Crippen molar-refractivity contribution in [2.45, 2.75) is 13.0 Å². The Kier molecular flexibility index (Phi) is 4.98. The van der Waals surface area contributed by atoms with E-state index in [-0.39, 0.29) is 5.56 Å². The molecule has 21 heavy (non-hydrogen) atoms. The summed E-state index contributed by atoms with van der Waals surface area (Å²) in [6, 6.07) is 11.7. The van der Waals surface area contributed by atoms with Crippen molar-refractivity contribution >= 4 is 5.69 Å². The van der Waals surface area contributed by atoms with Crippen molar-refractivity contribution in [3.63, 3.8) is 0 Å². The molecule has 0 atom stereocenters. The highest BCUT2D eigenvalue weighted by Crippen LogP contribution is 2.29. The van der Waals surface area contributed by atoms with Crippen LogP contribution in [0.5, 0.6) is 11.5 Å². The molecule has 1 N–H and O–H groups in total. The lowest BCUT2D eigenvalue weighted by atomic mass is 10.1. The van der Waals surface area contributed by atoms with Gasteiger partial charge in [0.25, 0.3) is 6.43 Å². The fourth-order valence-electron chi connectivity index (χ4n) is 1.98. The topological polar surface area (TPSA) is 30.5 Å². The first-order chi connectivity index (χ1) is 10.1. The van der Waals surface area contributed by atoms with Gasteiger partial charge in [-0.2, -0.15) is 0 Å². The predicted octanol–water partition coefficient (Wildman–Crippen LogP) is 4.25. The van der Waals surface area contributed by atoms with Gasteiger partial charge in [-0.15, -0.1) is 0 Å². The first-order valence-corrected chi connectivity index (χ1v) is 6.47. The Labute approximate surface area is 122 Å². The normalized spacial score (nSPS) is 10.5. The van der Waals surface area contributed by atoms with E-state index in [2.05, 4.69) is 5.32 Å². The van der Waals surface area contributed by atoms with Gasteiger partial charge in [-0.1, -0.05) is 18.2 Å². The molecule has 0 aromatic heterocycles.